The first-order valence-corrected chi connectivity index (χ1v) is 17.1. The van der Waals surface area contributed by atoms with Crippen LogP contribution in [0.3, 0.4) is 0 Å². The van der Waals surface area contributed by atoms with Crippen molar-refractivity contribution in [2.24, 2.45) is 0 Å². The molecule has 46 heavy (non-hydrogen) atoms. The van der Waals surface area contributed by atoms with Gasteiger partial charge < -0.3 is 25.6 Å². The Morgan fingerprint density at radius 3 is 2.46 bits per heavy atom. The van der Waals surface area contributed by atoms with E-state index in [1.165, 1.54) is 10.7 Å². The molecule has 13 nitrogen and oxygen atoms in total. The average molecular weight is 659 g/mol. The Morgan fingerprint density at radius 2 is 1.80 bits per heavy atom. The number of ether oxygens (including phenoxy) is 1. The molecule has 3 aliphatic rings. The molecule has 3 N–H and O–H groups in total. The summed E-state index contributed by atoms with van der Waals surface area (Å²) in [6.45, 7) is 1.97. The number of rotatable bonds is 10. The highest BCUT2D eigenvalue weighted by Crippen LogP contribution is 2.38. The van der Waals surface area contributed by atoms with Crippen LogP contribution < -0.4 is 20.9 Å². The molecule has 2 saturated heterocycles. The summed E-state index contributed by atoms with van der Waals surface area (Å²) in [6, 6.07) is 16.6. The summed E-state index contributed by atoms with van der Waals surface area (Å²) in [7, 11) is -3.49. The average Bonchev–Trinajstić information content (AvgIpc) is 3.77. The molecule has 0 radical (unpaired) electrons. The lowest BCUT2D eigenvalue weighted by molar-refractivity contribution is -0.0684. The molecule has 236 valence electrons. The lowest BCUT2D eigenvalue weighted by Gasteiger charge is -2.46. The second-order valence-corrected chi connectivity index (χ2v) is 14.4. The lowest BCUT2D eigenvalue weighted by atomic mass is 9.95. The van der Waals surface area contributed by atoms with Gasteiger partial charge in [-0.3, -0.25) is 0 Å². The van der Waals surface area contributed by atoms with Gasteiger partial charge in [0, 0.05) is 25.2 Å². The molecule has 0 bridgehead atoms. The van der Waals surface area contributed by atoms with Crippen molar-refractivity contribution in [2.45, 2.75) is 48.2 Å². The van der Waals surface area contributed by atoms with E-state index in [9.17, 15) is 18.9 Å². The SMILES string of the molecule is N#Cc1cc(Nc2nc(NC3CC3)c3ncc(C#N)n3n2)c(Cl)c(N2CCC(NC3(CS(=O)(=O)c4ccccc4)COC3)CC2)c1. The highest BCUT2D eigenvalue weighted by molar-refractivity contribution is 7.91. The monoisotopic (exact) mass is 658 g/mol. The normalized spacial score (nSPS) is 18.0. The van der Waals surface area contributed by atoms with E-state index in [1.54, 1.807) is 42.5 Å². The molecule has 15 heteroatoms. The molecule has 3 fully saturated rings. The van der Waals surface area contributed by atoms with Gasteiger partial charge in [0.15, 0.2) is 27.0 Å². The standard InChI is InChI=1S/C31H31ClN10O3S/c32-27-25(37-30-38-28(36-21-6-7-21)29-35-16-23(15-34)42(29)40-30)12-20(14-33)13-26(27)41-10-8-22(9-11-41)39-31(17-45-18-31)19-46(43,44)24-4-2-1-3-5-24/h1-5,12-13,16,21-22,39H,6-11,17-19H2,(H2,36,37,38,40). The number of imidazole rings is 1. The van der Waals surface area contributed by atoms with Crippen LogP contribution in [-0.2, 0) is 14.6 Å². The van der Waals surface area contributed by atoms with Crippen molar-refractivity contribution < 1.29 is 13.2 Å². The zero-order valence-corrected chi connectivity index (χ0v) is 26.4. The number of piperidine rings is 1. The topological polar surface area (TPSA) is 173 Å². The van der Waals surface area contributed by atoms with Crippen molar-refractivity contribution in [1.29, 1.82) is 10.5 Å². The van der Waals surface area contributed by atoms with Crippen molar-refractivity contribution in [3.05, 3.63) is 64.9 Å². The molecule has 2 aliphatic heterocycles. The zero-order valence-electron chi connectivity index (χ0n) is 24.8. The minimum Gasteiger partial charge on any atom is -0.377 e. The van der Waals surface area contributed by atoms with Gasteiger partial charge in [0.2, 0.25) is 5.95 Å². The molecule has 1 saturated carbocycles. The van der Waals surface area contributed by atoms with E-state index in [0.29, 0.717) is 70.7 Å². The lowest BCUT2D eigenvalue weighted by Crippen LogP contribution is -2.67. The van der Waals surface area contributed by atoms with Gasteiger partial charge in [0.05, 0.1) is 63.6 Å². The minimum atomic E-state index is -3.49. The molecule has 0 atom stereocenters. The van der Waals surface area contributed by atoms with Gasteiger partial charge >= 0.3 is 0 Å². The third-order valence-corrected chi connectivity index (χ3v) is 10.8. The molecular formula is C31H31ClN10O3S. The third-order valence-electron chi connectivity index (χ3n) is 8.50. The fourth-order valence-electron chi connectivity index (χ4n) is 5.97. The second-order valence-electron chi connectivity index (χ2n) is 12.0. The number of halogens is 1. The molecule has 1 aliphatic carbocycles. The summed E-state index contributed by atoms with van der Waals surface area (Å²) >= 11 is 6.96. The molecule has 7 rings (SSSR count). The Bertz CT molecular complexity index is 1970. The molecule has 4 aromatic rings. The minimum absolute atomic E-state index is 0.0318. The molecule has 0 unspecified atom stereocenters. The maximum absolute atomic E-state index is 13.1. The van der Waals surface area contributed by atoms with E-state index in [0.717, 1.165) is 25.7 Å². The maximum atomic E-state index is 13.1. The fraction of sp³-hybridized carbons (Fsp3) is 0.387. The van der Waals surface area contributed by atoms with Gasteiger partial charge in [0.25, 0.3) is 0 Å². The van der Waals surface area contributed by atoms with Crippen molar-refractivity contribution in [3.8, 4) is 12.1 Å². The zero-order chi connectivity index (χ0) is 31.9. The number of nitrogens with zero attached hydrogens (tertiary/aromatic N) is 7. The summed E-state index contributed by atoms with van der Waals surface area (Å²) in [5.74, 6) is 0.681. The second kappa shape index (κ2) is 12.0. The molecule has 0 amide bonds. The van der Waals surface area contributed by atoms with Gasteiger partial charge in [-0.15, -0.1) is 5.10 Å². The molecule has 2 aromatic carbocycles. The predicted octanol–water partition coefficient (Wildman–Crippen LogP) is 3.64. The molecular weight excluding hydrogens is 628 g/mol. The molecule has 2 aromatic heterocycles. The highest BCUT2D eigenvalue weighted by atomic mass is 35.5. The summed E-state index contributed by atoms with van der Waals surface area (Å²) in [5.41, 5.74) is 1.66. The first-order valence-electron chi connectivity index (χ1n) is 15.1. The number of benzene rings is 2. The molecule has 4 heterocycles. The quantitative estimate of drug-likeness (QED) is 0.226. The summed E-state index contributed by atoms with van der Waals surface area (Å²) < 4.78 is 33.2. The first-order chi connectivity index (χ1) is 22.3. The first kappa shape index (κ1) is 30.2. The van der Waals surface area contributed by atoms with Crippen LogP contribution in [-0.4, -0.2) is 77.7 Å². The van der Waals surface area contributed by atoms with Crippen LogP contribution in [0.15, 0.2) is 53.6 Å². The van der Waals surface area contributed by atoms with Crippen LogP contribution in [0.4, 0.5) is 23.1 Å². The number of hydrogen-bond acceptors (Lipinski definition) is 12. The largest absolute Gasteiger partial charge is 0.377 e. The number of fused-ring (bicyclic) bond motifs is 1. The van der Waals surface area contributed by atoms with E-state index in [4.69, 9.17) is 16.3 Å². The van der Waals surface area contributed by atoms with Crippen LogP contribution in [0.5, 0.6) is 0 Å². The van der Waals surface area contributed by atoms with Crippen LogP contribution in [0.25, 0.3) is 5.65 Å². The van der Waals surface area contributed by atoms with Crippen molar-refractivity contribution in [2.75, 3.05) is 47.6 Å². The Hall–Kier alpha value is -4.47. The summed E-state index contributed by atoms with van der Waals surface area (Å²) in [4.78, 5) is 11.4. The number of nitrogens with one attached hydrogen (secondary N) is 3. The number of hydrogen-bond donors (Lipinski definition) is 3. The van der Waals surface area contributed by atoms with Crippen LogP contribution in [0, 0.1) is 22.7 Å². The van der Waals surface area contributed by atoms with E-state index in [2.05, 4.69) is 48.1 Å². The predicted molar refractivity (Wildman–Crippen MR) is 172 cm³/mol. The number of sulfone groups is 1. The van der Waals surface area contributed by atoms with Gasteiger partial charge in [-0.1, -0.05) is 29.8 Å². The number of nitriles is 2. The number of aromatic nitrogens is 4. The highest BCUT2D eigenvalue weighted by Gasteiger charge is 2.44. The van der Waals surface area contributed by atoms with Crippen LogP contribution in [0.1, 0.15) is 36.9 Å². The van der Waals surface area contributed by atoms with E-state index in [1.807, 2.05) is 0 Å². The number of anilines is 4. The third kappa shape index (κ3) is 6.04. The van der Waals surface area contributed by atoms with Crippen LogP contribution >= 0.6 is 11.6 Å². The Morgan fingerprint density at radius 1 is 1.04 bits per heavy atom. The van der Waals surface area contributed by atoms with Crippen LogP contribution in [0.2, 0.25) is 5.02 Å². The van der Waals surface area contributed by atoms with E-state index < -0.39 is 15.4 Å². The van der Waals surface area contributed by atoms with Crippen molar-refractivity contribution in [1.82, 2.24) is 24.9 Å². The van der Waals surface area contributed by atoms with Crippen molar-refractivity contribution >= 4 is 50.2 Å². The van der Waals surface area contributed by atoms with E-state index >= 15 is 0 Å². The Labute approximate surface area is 271 Å². The summed E-state index contributed by atoms with van der Waals surface area (Å²) in [6.07, 6.45) is 5.00. The Kier molecular flexibility index (Phi) is 7.90. The fourth-order valence-corrected chi connectivity index (χ4v) is 7.96. The van der Waals surface area contributed by atoms with Gasteiger partial charge in [-0.25, -0.2) is 13.4 Å². The van der Waals surface area contributed by atoms with Gasteiger partial charge in [-0.05, 0) is 49.9 Å². The van der Waals surface area contributed by atoms with Gasteiger partial charge in [-0.2, -0.15) is 20.0 Å². The maximum Gasteiger partial charge on any atom is 0.247 e. The molecule has 0 spiro atoms. The smallest absolute Gasteiger partial charge is 0.247 e. The van der Waals surface area contributed by atoms with Crippen molar-refractivity contribution in [3.63, 3.8) is 0 Å². The summed E-state index contributed by atoms with van der Waals surface area (Å²) in [5, 5.41) is 34.4. The van der Waals surface area contributed by atoms with Gasteiger partial charge in [0.1, 0.15) is 6.07 Å². The Balaban J connectivity index is 1.08. The van der Waals surface area contributed by atoms with E-state index in [-0.39, 0.29) is 23.4 Å².